The number of amides is 2. The summed E-state index contributed by atoms with van der Waals surface area (Å²) in [7, 11) is 0. The number of alkyl carbamates (subject to hydrolysis) is 1. The Bertz CT molecular complexity index is 470. The van der Waals surface area contributed by atoms with Crippen molar-refractivity contribution < 1.29 is 19.1 Å². The molecule has 2 unspecified atom stereocenters. The molecule has 6 heteroatoms. The molecule has 1 aliphatic carbocycles. The lowest BCUT2D eigenvalue weighted by atomic mass is 9.78. The second-order valence-corrected chi connectivity index (χ2v) is 7.24. The minimum atomic E-state index is -0.481. The van der Waals surface area contributed by atoms with E-state index in [1.54, 1.807) is 11.8 Å². The first-order valence-electron chi connectivity index (χ1n) is 8.35. The van der Waals surface area contributed by atoms with Crippen molar-refractivity contribution in [2.45, 2.75) is 39.7 Å². The average Bonchev–Trinajstić information content (AvgIpc) is 2.88. The SMILES string of the molecule is CCOC(=O)NC[C@@H]1CC=CC2CN(C(=O)OC(C)(C)C)CC21. The second kappa shape index (κ2) is 7.23. The van der Waals surface area contributed by atoms with Crippen LogP contribution in [0.2, 0.25) is 0 Å². The van der Waals surface area contributed by atoms with Crippen LogP contribution in [0.1, 0.15) is 34.1 Å². The van der Waals surface area contributed by atoms with E-state index < -0.39 is 5.60 Å². The highest BCUT2D eigenvalue weighted by atomic mass is 16.6. The maximum absolute atomic E-state index is 12.3. The molecule has 3 atom stereocenters. The maximum atomic E-state index is 12.3. The topological polar surface area (TPSA) is 67.9 Å². The molecule has 1 aliphatic heterocycles. The summed E-state index contributed by atoms with van der Waals surface area (Å²) < 4.78 is 10.4. The zero-order valence-corrected chi connectivity index (χ0v) is 14.5. The van der Waals surface area contributed by atoms with Crippen LogP contribution >= 0.6 is 0 Å². The molecule has 2 rings (SSSR count). The Labute approximate surface area is 138 Å². The van der Waals surface area contributed by atoms with E-state index in [-0.39, 0.29) is 12.2 Å². The molecule has 0 bridgehead atoms. The van der Waals surface area contributed by atoms with Crippen molar-refractivity contribution in [3.8, 4) is 0 Å². The van der Waals surface area contributed by atoms with Gasteiger partial charge in [0.2, 0.25) is 0 Å². The van der Waals surface area contributed by atoms with Crippen LogP contribution in [0.3, 0.4) is 0 Å². The van der Waals surface area contributed by atoms with Gasteiger partial charge in [0, 0.05) is 19.6 Å². The lowest BCUT2D eigenvalue weighted by Gasteiger charge is -2.29. The summed E-state index contributed by atoms with van der Waals surface area (Å²) >= 11 is 0. The molecule has 1 saturated heterocycles. The molecule has 0 saturated carbocycles. The number of carbonyl (C=O) groups is 2. The van der Waals surface area contributed by atoms with Crippen molar-refractivity contribution in [2.24, 2.45) is 17.8 Å². The molecular formula is C17H28N2O4. The van der Waals surface area contributed by atoms with Crippen LogP contribution in [0.4, 0.5) is 9.59 Å². The van der Waals surface area contributed by atoms with Crippen molar-refractivity contribution in [3.63, 3.8) is 0 Å². The standard InChI is InChI=1S/C17H28N2O4/c1-5-22-15(20)18-9-12-7-6-8-13-10-19(11-14(12)13)16(21)23-17(2,3)4/h6,8,12-14H,5,7,9-11H2,1-4H3,(H,18,20)/t12-,13?,14?/m0/s1. The highest BCUT2D eigenvalue weighted by molar-refractivity contribution is 5.69. The van der Waals surface area contributed by atoms with Crippen LogP contribution in [-0.4, -0.2) is 48.9 Å². The molecule has 2 amide bonds. The van der Waals surface area contributed by atoms with E-state index in [2.05, 4.69) is 17.5 Å². The molecule has 23 heavy (non-hydrogen) atoms. The Morgan fingerprint density at radius 2 is 2.04 bits per heavy atom. The van der Waals surface area contributed by atoms with Crippen molar-refractivity contribution in [1.82, 2.24) is 10.2 Å². The fraction of sp³-hybridized carbons (Fsp3) is 0.765. The molecule has 2 aliphatic rings. The number of hydrogen-bond donors (Lipinski definition) is 1. The second-order valence-electron chi connectivity index (χ2n) is 7.24. The molecule has 0 aromatic heterocycles. The molecular weight excluding hydrogens is 296 g/mol. The lowest BCUT2D eigenvalue weighted by molar-refractivity contribution is 0.0282. The van der Waals surface area contributed by atoms with Gasteiger partial charge in [-0.2, -0.15) is 0 Å². The van der Waals surface area contributed by atoms with Crippen LogP contribution < -0.4 is 5.32 Å². The van der Waals surface area contributed by atoms with Gasteiger partial charge in [-0.25, -0.2) is 9.59 Å². The van der Waals surface area contributed by atoms with Gasteiger partial charge in [-0.15, -0.1) is 0 Å². The largest absolute Gasteiger partial charge is 0.450 e. The van der Waals surface area contributed by atoms with E-state index >= 15 is 0 Å². The van der Waals surface area contributed by atoms with Crippen LogP contribution in [0.5, 0.6) is 0 Å². The fourth-order valence-electron chi connectivity index (χ4n) is 3.27. The third-order valence-electron chi connectivity index (χ3n) is 4.28. The Kier molecular flexibility index (Phi) is 5.55. The fourth-order valence-corrected chi connectivity index (χ4v) is 3.27. The molecule has 1 fully saturated rings. The highest BCUT2D eigenvalue weighted by Gasteiger charge is 2.41. The van der Waals surface area contributed by atoms with Gasteiger partial charge in [0.25, 0.3) is 0 Å². The Morgan fingerprint density at radius 3 is 2.70 bits per heavy atom. The number of rotatable bonds is 3. The smallest absolute Gasteiger partial charge is 0.410 e. The number of ether oxygens (including phenoxy) is 2. The molecule has 1 heterocycles. The first-order valence-corrected chi connectivity index (χ1v) is 8.35. The maximum Gasteiger partial charge on any atom is 0.410 e. The summed E-state index contributed by atoms with van der Waals surface area (Å²) in [6.07, 6.45) is 4.63. The van der Waals surface area contributed by atoms with Gasteiger partial charge < -0.3 is 19.7 Å². The Balaban J connectivity index is 1.91. The van der Waals surface area contributed by atoms with Gasteiger partial charge in [0.05, 0.1) is 6.61 Å². The van der Waals surface area contributed by atoms with Gasteiger partial charge in [-0.1, -0.05) is 12.2 Å². The summed E-state index contributed by atoms with van der Waals surface area (Å²) in [6, 6.07) is 0. The van der Waals surface area contributed by atoms with Crippen LogP contribution in [0.25, 0.3) is 0 Å². The summed E-state index contributed by atoms with van der Waals surface area (Å²) in [5.41, 5.74) is -0.481. The van der Waals surface area contributed by atoms with Crippen molar-refractivity contribution >= 4 is 12.2 Å². The monoisotopic (exact) mass is 324 g/mol. The first kappa shape index (κ1) is 17.6. The number of fused-ring (bicyclic) bond motifs is 1. The van der Waals surface area contributed by atoms with Crippen molar-refractivity contribution in [2.75, 3.05) is 26.2 Å². The first-order chi connectivity index (χ1) is 10.8. The summed E-state index contributed by atoms with van der Waals surface area (Å²) in [4.78, 5) is 25.5. The molecule has 0 spiro atoms. The number of likely N-dealkylation sites (tertiary alicyclic amines) is 1. The van der Waals surface area contributed by atoms with Gasteiger partial charge in [-0.3, -0.25) is 0 Å². The zero-order chi connectivity index (χ0) is 17.0. The van der Waals surface area contributed by atoms with E-state index in [1.165, 1.54) is 0 Å². The van der Waals surface area contributed by atoms with E-state index in [1.807, 2.05) is 20.8 Å². The number of nitrogens with one attached hydrogen (secondary N) is 1. The van der Waals surface area contributed by atoms with Crippen LogP contribution in [0, 0.1) is 17.8 Å². The number of allylic oxidation sites excluding steroid dienone is 1. The summed E-state index contributed by atoms with van der Waals surface area (Å²) in [5.74, 6) is 1.02. The normalized spacial score (nSPS) is 26.6. The van der Waals surface area contributed by atoms with E-state index in [0.29, 0.717) is 44.0 Å². The predicted molar refractivity (Wildman–Crippen MR) is 87.1 cm³/mol. The van der Waals surface area contributed by atoms with E-state index in [9.17, 15) is 9.59 Å². The lowest BCUT2D eigenvalue weighted by Crippen LogP contribution is -2.37. The van der Waals surface area contributed by atoms with E-state index in [0.717, 1.165) is 6.42 Å². The van der Waals surface area contributed by atoms with Crippen molar-refractivity contribution in [3.05, 3.63) is 12.2 Å². The predicted octanol–water partition coefficient (Wildman–Crippen LogP) is 2.79. The number of hydrogen-bond acceptors (Lipinski definition) is 4. The van der Waals surface area contributed by atoms with Crippen molar-refractivity contribution in [1.29, 1.82) is 0 Å². The zero-order valence-electron chi connectivity index (χ0n) is 14.5. The Hall–Kier alpha value is -1.72. The molecule has 0 aromatic carbocycles. The molecule has 130 valence electrons. The molecule has 6 nitrogen and oxygen atoms in total. The van der Waals surface area contributed by atoms with Gasteiger partial charge in [-0.05, 0) is 51.9 Å². The minimum absolute atomic E-state index is 0.252. The number of carbonyl (C=O) groups excluding carboxylic acids is 2. The number of nitrogens with zero attached hydrogens (tertiary/aromatic N) is 1. The third kappa shape index (κ3) is 4.88. The van der Waals surface area contributed by atoms with Gasteiger partial charge in [0.1, 0.15) is 5.60 Å². The van der Waals surface area contributed by atoms with Crippen LogP contribution in [-0.2, 0) is 9.47 Å². The highest BCUT2D eigenvalue weighted by Crippen LogP contribution is 2.36. The third-order valence-corrected chi connectivity index (χ3v) is 4.28. The van der Waals surface area contributed by atoms with Crippen LogP contribution in [0.15, 0.2) is 12.2 Å². The quantitative estimate of drug-likeness (QED) is 0.811. The minimum Gasteiger partial charge on any atom is -0.450 e. The summed E-state index contributed by atoms with van der Waals surface area (Å²) in [5, 5.41) is 2.82. The van der Waals surface area contributed by atoms with E-state index in [4.69, 9.17) is 9.47 Å². The molecule has 0 radical (unpaired) electrons. The molecule has 0 aromatic rings. The molecule has 1 N–H and O–H groups in total. The summed E-state index contributed by atoms with van der Waals surface area (Å²) in [6.45, 7) is 9.72. The Morgan fingerprint density at radius 1 is 1.30 bits per heavy atom. The van der Waals surface area contributed by atoms with Gasteiger partial charge in [0.15, 0.2) is 0 Å². The van der Waals surface area contributed by atoms with Gasteiger partial charge >= 0.3 is 12.2 Å². The average molecular weight is 324 g/mol.